The first kappa shape index (κ1) is 20.6. The number of aromatic hydroxyl groups is 1. The summed E-state index contributed by atoms with van der Waals surface area (Å²) in [6.45, 7) is 1.66. The quantitative estimate of drug-likeness (QED) is 0.471. The van der Waals surface area contributed by atoms with Crippen molar-refractivity contribution in [2.45, 2.75) is 58.0 Å². The van der Waals surface area contributed by atoms with Crippen LogP contribution in [0.15, 0.2) is 54.6 Å². The Morgan fingerprint density at radius 1 is 0.900 bits per heavy atom. The van der Waals surface area contributed by atoms with E-state index in [9.17, 15) is 15.0 Å². The van der Waals surface area contributed by atoms with Gasteiger partial charge in [-0.15, -0.1) is 0 Å². The summed E-state index contributed by atoms with van der Waals surface area (Å²) in [4.78, 5) is 13.2. The normalized spacial score (nSPS) is 16.7. The molecule has 0 bridgehead atoms. The van der Waals surface area contributed by atoms with Crippen LogP contribution in [0.25, 0.3) is 21.9 Å². The largest absolute Gasteiger partial charge is 0.508 e. The van der Waals surface area contributed by atoms with Crippen LogP contribution in [0.5, 0.6) is 5.75 Å². The zero-order chi connectivity index (χ0) is 21.1. The van der Waals surface area contributed by atoms with E-state index >= 15 is 0 Å². The van der Waals surface area contributed by atoms with Crippen LogP contribution in [-0.4, -0.2) is 16.0 Å². The first-order valence-electron chi connectivity index (χ1n) is 11.1. The van der Waals surface area contributed by atoms with Gasteiger partial charge in [-0.2, -0.15) is 0 Å². The molecule has 3 aromatic carbocycles. The summed E-state index contributed by atoms with van der Waals surface area (Å²) >= 11 is 0. The third-order valence-electron chi connectivity index (χ3n) is 6.41. The molecule has 3 heteroatoms. The Bertz CT molecular complexity index is 1040. The van der Waals surface area contributed by atoms with Gasteiger partial charge in [0.1, 0.15) is 5.75 Å². The highest BCUT2D eigenvalue weighted by atomic mass is 16.3. The van der Waals surface area contributed by atoms with Gasteiger partial charge in [-0.25, -0.2) is 0 Å². The predicted molar refractivity (Wildman–Crippen MR) is 122 cm³/mol. The third kappa shape index (κ3) is 4.27. The standard InChI is InChI=1S/C27H30O3/c1-18(28)26-24-14-12-21(16-22(24)13-15-25(26)29)20-10-7-11-23(17-20)27(30)19-8-5-3-2-4-6-9-19/h7,10-19,28-29H,2-6,8-9H2,1H3. The predicted octanol–water partition coefficient (Wildman–Crippen LogP) is 6.81. The highest BCUT2D eigenvalue weighted by Crippen LogP contribution is 2.35. The molecule has 156 valence electrons. The fraction of sp³-hybridized carbons (Fsp3) is 0.370. The van der Waals surface area contributed by atoms with Crippen LogP contribution in [-0.2, 0) is 0 Å². The van der Waals surface area contributed by atoms with Gasteiger partial charge in [0.15, 0.2) is 5.78 Å². The second-order valence-electron chi connectivity index (χ2n) is 8.60. The summed E-state index contributed by atoms with van der Waals surface area (Å²) in [5.41, 5.74) is 3.39. The van der Waals surface area contributed by atoms with Gasteiger partial charge in [-0.1, -0.05) is 68.5 Å². The van der Waals surface area contributed by atoms with Crippen molar-refractivity contribution in [1.29, 1.82) is 0 Å². The highest BCUT2D eigenvalue weighted by Gasteiger charge is 2.21. The number of carbonyl (C=O) groups is 1. The minimum Gasteiger partial charge on any atom is -0.508 e. The van der Waals surface area contributed by atoms with Crippen LogP contribution in [0.1, 0.15) is 73.9 Å². The molecule has 0 saturated heterocycles. The van der Waals surface area contributed by atoms with Crippen LogP contribution in [0.4, 0.5) is 0 Å². The van der Waals surface area contributed by atoms with Crippen molar-refractivity contribution in [3.8, 4) is 16.9 Å². The van der Waals surface area contributed by atoms with E-state index < -0.39 is 6.10 Å². The number of Topliss-reactive ketones (excluding diaryl/α,β-unsaturated/α-hetero) is 1. The number of carbonyl (C=O) groups excluding carboxylic acids is 1. The van der Waals surface area contributed by atoms with E-state index in [1.54, 1.807) is 13.0 Å². The summed E-state index contributed by atoms with van der Waals surface area (Å²) in [5, 5.41) is 22.0. The minimum atomic E-state index is -0.746. The molecule has 1 saturated carbocycles. The van der Waals surface area contributed by atoms with Gasteiger partial charge in [0, 0.05) is 17.0 Å². The molecule has 1 aliphatic carbocycles. The maximum Gasteiger partial charge on any atom is 0.165 e. The zero-order valence-electron chi connectivity index (χ0n) is 17.6. The van der Waals surface area contributed by atoms with E-state index in [1.807, 2.05) is 42.5 Å². The van der Waals surface area contributed by atoms with Crippen molar-refractivity contribution in [2.24, 2.45) is 5.92 Å². The summed E-state index contributed by atoms with van der Waals surface area (Å²) < 4.78 is 0. The van der Waals surface area contributed by atoms with Crippen LogP contribution >= 0.6 is 0 Å². The Hall–Kier alpha value is -2.65. The number of fused-ring (bicyclic) bond motifs is 1. The maximum absolute atomic E-state index is 13.2. The number of aliphatic hydroxyl groups excluding tert-OH is 1. The fourth-order valence-corrected chi connectivity index (χ4v) is 4.77. The topological polar surface area (TPSA) is 57.5 Å². The van der Waals surface area contributed by atoms with E-state index in [4.69, 9.17) is 0 Å². The second-order valence-corrected chi connectivity index (χ2v) is 8.60. The van der Waals surface area contributed by atoms with Crippen molar-refractivity contribution in [1.82, 2.24) is 0 Å². The van der Waals surface area contributed by atoms with E-state index in [1.165, 1.54) is 19.3 Å². The smallest absolute Gasteiger partial charge is 0.165 e. The molecule has 2 N–H and O–H groups in total. The summed E-state index contributed by atoms with van der Waals surface area (Å²) in [6.07, 6.45) is 7.35. The summed E-state index contributed by atoms with van der Waals surface area (Å²) in [5.74, 6) is 0.534. The van der Waals surface area contributed by atoms with Crippen LogP contribution in [0.2, 0.25) is 0 Å². The molecule has 1 aliphatic rings. The molecular weight excluding hydrogens is 372 g/mol. The molecular formula is C27H30O3. The van der Waals surface area contributed by atoms with Crippen LogP contribution in [0.3, 0.4) is 0 Å². The lowest BCUT2D eigenvalue weighted by molar-refractivity contribution is 0.0898. The first-order chi connectivity index (χ1) is 14.5. The highest BCUT2D eigenvalue weighted by molar-refractivity contribution is 5.99. The van der Waals surface area contributed by atoms with Crippen molar-refractivity contribution < 1.29 is 15.0 Å². The van der Waals surface area contributed by atoms with Gasteiger partial charge < -0.3 is 10.2 Å². The van der Waals surface area contributed by atoms with Gasteiger partial charge in [-0.05, 0) is 59.9 Å². The van der Waals surface area contributed by atoms with Gasteiger partial charge in [0.25, 0.3) is 0 Å². The van der Waals surface area contributed by atoms with Crippen molar-refractivity contribution in [3.05, 3.63) is 65.7 Å². The van der Waals surface area contributed by atoms with E-state index in [2.05, 4.69) is 6.07 Å². The van der Waals surface area contributed by atoms with Gasteiger partial charge >= 0.3 is 0 Å². The number of aliphatic hydroxyl groups is 1. The number of rotatable bonds is 4. The van der Waals surface area contributed by atoms with Gasteiger partial charge in [-0.3, -0.25) is 4.79 Å². The van der Waals surface area contributed by atoms with Crippen LogP contribution < -0.4 is 0 Å². The van der Waals surface area contributed by atoms with E-state index in [0.717, 1.165) is 53.1 Å². The SMILES string of the molecule is CC(O)c1c(O)ccc2cc(-c3cccc(C(=O)C4CCCCCCC4)c3)ccc12. The van der Waals surface area contributed by atoms with Crippen molar-refractivity contribution in [2.75, 3.05) is 0 Å². The monoisotopic (exact) mass is 402 g/mol. The lowest BCUT2D eigenvalue weighted by atomic mass is 9.85. The Morgan fingerprint density at radius 3 is 2.33 bits per heavy atom. The molecule has 1 atom stereocenters. The lowest BCUT2D eigenvalue weighted by Crippen LogP contribution is -2.16. The zero-order valence-corrected chi connectivity index (χ0v) is 17.6. The third-order valence-corrected chi connectivity index (χ3v) is 6.41. The Balaban J connectivity index is 1.65. The molecule has 1 unspecified atom stereocenters. The van der Waals surface area contributed by atoms with E-state index in [-0.39, 0.29) is 17.5 Å². The number of benzene rings is 3. The maximum atomic E-state index is 13.2. The average Bonchev–Trinajstić information content (AvgIpc) is 2.72. The molecule has 0 amide bonds. The van der Waals surface area contributed by atoms with E-state index in [0.29, 0.717) is 5.56 Å². The number of hydrogen-bond acceptors (Lipinski definition) is 3. The van der Waals surface area contributed by atoms with Gasteiger partial charge in [0.2, 0.25) is 0 Å². The number of ketones is 1. The molecule has 0 aliphatic heterocycles. The second kappa shape index (κ2) is 9.01. The van der Waals surface area contributed by atoms with Crippen molar-refractivity contribution in [3.63, 3.8) is 0 Å². The molecule has 4 rings (SSSR count). The number of phenols is 1. The van der Waals surface area contributed by atoms with Crippen molar-refractivity contribution >= 4 is 16.6 Å². The lowest BCUT2D eigenvalue weighted by Gasteiger charge is -2.19. The number of hydrogen-bond donors (Lipinski definition) is 2. The molecule has 1 fully saturated rings. The summed E-state index contributed by atoms with van der Waals surface area (Å²) in [6, 6.07) is 17.4. The molecule has 3 nitrogen and oxygen atoms in total. The minimum absolute atomic E-state index is 0.108. The fourth-order valence-electron chi connectivity index (χ4n) is 4.77. The molecule has 0 aromatic heterocycles. The van der Waals surface area contributed by atoms with Gasteiger partial charge in [0.05, 0.1) is 6.10 Å². The Labute approximate surface area is 178 Å². The molecule has 0 radical (unpaired) electrons. The molecule has 30 heavy (non-hydrogen) atoms. The Kier molecular flexibility index (Phi) is 6.19. The first-order valence-corrected chi connectivity index (χ1v) is 11.1. The Morgan fingerprint density at radius 2 is 1.60 bits per heavy atom. The number of phenolic OH excluding ortho intramolecular Hbond substituents is 1. The van der Waals surface area contributed by atoms with Crippen LogP contribution in [0, 0.1) is 5.92 Å². The summed E-state index contributed by atoms with van der Waals surface area (Å²) in [7, 11) is 0. The average molecular weight is 403 g/mol. The molecule has 3 aromatic rings. The molecule has 0 spiro atoms. The molecule has 0 heterocycles.